The molecule has 33 heavy (non-hydrogen) atoms. The lowest BCUT2D eigenvalue weighted by Crippen LogP contribution is -2.49. The van der Waals surface area contributed by atoms with Crippen molar-refractivity contribution in [1.82, 2.24) is 10.5 Å². The van der Waals surface area contributed by atoms with E-state index in [4.69, 9.17) is 9.26 Å². The molecule has 0 fully saturated rings. The van der Waals surface area contributed by atoms with Crippen LogP contribution < -0.4 is 19.9 Å². The number of likely N-dealkylation sites (N-methyl/N-ethyl adjacent to an activating group) is 1. The standard InChI is InChI=1S/C24H24N4O5/c1-15(29)27(2)17-9-10-22-21(12-17)28(3)24(31)20(14-32-22)25-23(30)19-13-18(33-26-19)11-16-7-5-4-6-8-16/h4-10,12-13,20H,11,14H2,1-3H3,(H,25,30)/t20-/m0/s1. The number of rotatable bonds is 5. The van der Waals surface area contributed by atoms with Crippen molar-refractivity contribution in [2.75, 3.05) is 30.5 Å². The van der Waals surface area contributed by atoms with Crippen LogP contribution in [-0.2, 0) is 16.0 Å². The average Bonchev–Trinajstić information content (AvgIpc) is 3.25. The van der Waals surface area contributed by atoms with Gasteiger partial charge in [0.05, 0.1) is 5.69 Å². The molecule has 2 aromatic carbocycles. The molecular weight excluding hydrogens is 424 g/mol. The Labute approximate surface area is 190 Å². The van der Waals surface area contributed by atoms with Crippen LogP contribution in [0.15, 0.2) is 59.1 Å². The summed E-state index contributed by atoms with van der Waals surface area (Å²) >= 11 is 0. The van der Waals surface area contributed by atoms with Crippen LogP contribution in [0.5, 0.6) is 5.75 Å². The molecule has 1 aromatic heterocycles. The Hall–Kier alpha value is -4.14. The zero-order valence-corrected chi connectivity index (χ0v) is 18.6. The van der Waals surface area contributed by atoms with Crippen molar-refractivity contribution in [3.63, 3.8) is 0 Å². The van der Waals surface area contributed by atoms with Gasteiger partial charge in [-0.05, 0) is 23.8 Å². The Balaban J connectivity index is 1.46. The van der Waals surface area contributed by atoms with Gasteiger partial charge in [-0.2, -0.15) is 0 Å². The van der Waals surface area contributed by atoms with Crippen molar-refractivity contribution in [3.05, 3.63) is 71.6 Å². The number of carbonyl (C=O) groups excluding carboxylic acids is 3. The molecule has 1 N–H and O–H groups in total. The fraction of sp³-hybridized carbons (Fsp3) is 0.250. The zero-order valence-electron chi connectivity index (χ0n) is 18.6. The van der Waals surface area contributed by atoms with E-state index in [2.05, 4.69) is 10.5 Å². The molecule has 2 heterocycles. The Bertz CT molecular complexity index is 1190. The maximum atomic E-state index is 13.0. The van der Waals surface area contributed by atoms with Gasteiger partial charge in [0.25, 0.3) is 11.8 Å². The molecule has 9 nitrogen and oxygen atoms in total. The summed E-state index contributed by atoms with van der Waals surface area (Å²) < 4.78 is 11.1. The summed E-state index contributed by atoms with van der Waals surface area (Å²) in [7, 11) is 3.25. The van der Waals surface area contributed by atoms with Crippen LogP contribution in [0.2, 0.25) is 0 Å². The Kier molecular flexibility index (Phi) is 6.12. The molecule has 170 valence electrons. The van der Waals surface area contributed by atoms with E-state index < -0.39 is 11.9 Å². The van der Waals surface area contributed by atoms with Gasteiger partial charge in [0.1, 0.15) is 24.2 Å². The van der Waals surface area contributed by atoms with Gasteiger partial charge >= 0.3 is 0 Å². The zero-order chi connectivity index (χ0) is 23.5. The molecule has 1 atom stereocenters. The van der Waals surface area contributed by atoms with Gasteiger partial charge in [-0.25, -0.2) is 0 Å². The number of hydrogen-bond donors (Lipinski definition) is 1. The molecular formula is C24H24N4O5. The molecule has 0 spiro atoms. The summed E-state index contributed by atoms with van der Waals surface area (Å²) in [4.78, 5) is 40.3. The van der Waals surface area contributed by atoms with Gasteiger partial charge in [-0.3, -0.25) is 14.4 Å². The third-order valence-electron chi connectivity index (χ3n) is 5.52. The Morgan fingerprint density at radius 1 is 1.18 bits per heavy atom. The predicted molar refractivity (Wildman–Crippen MR) is 121 cm³/mol. The summed E-state index contributed by atoms with van der Waals surface area (Å²) in [5, 5.41) is 6.52. The van der Waals surface area contributed by atoms with Crippen LogP contribution in [0.25, 0.3) is 0 Å². The van der Waals surface area contributed by atoms with E-state index in [9.17, 15) is 14.4 Å². The van der Waals surface area contributed by atoms with Crippen molar-refractivity contribution in [3.8, 4) is 5.75 Å². The molecule has 3 amide bonds. The van der Waals surface area contributed by atoms with Crippen molar-refractivity contribution in [2.45, 2.75) is 19.4 Å². The first-order valence-electron chi connectivity index (χ1n) is 10.4. The van der Waals surface area contributed by atoms with Gasteiger partial charge < -0.3 is 24.4 Å². The second kappa shape index (κ2) is 9.15. The number of aromatic nitrogens is 1. The lowest BCUT2D eigenvalue weighted by molar-refractivity contribution is -0.120. The maximum absolute atomic E-state index is 13.0. The summed E-state index contributed by atoms with van der Waals surface area (Å²) in [6, 6.07) is 15.5. The molecule has 0 radical (unpaired) electrons. The number of nitrogens with zero attached hydrogens (tertiary/aromatic N) is 3. The molecule has 9 heteroatoms. The number of hydrogen-bond acceptors (Lipinski definition) is 6. The quantitative estimate of drug-likeness (QED) is 0.643. The fourth-order valence-electron chi connectivity index (χ4n) is 3.51. The average molecular weight is 448 g/mol. The third kappa shape index (κ3) is 4.72. The normalized spacial score (nSPS) is 15.3. The highest BCUT2D eigenvalue weighted by molar-refractivity contribution is 6.03. The van der Waals surface area contributed by atoms with Gasteiger partial charge in [0.2, 0.25) is 5.91 Å². The highest BCUT2D eigenvalue weighted by Crippen LogP contribution is 2.34. The number of ether oxygens (including phenoxy) is 1. The van der Waals surface area contributed by atoms with Gasteiger partial charge in [0.15, 0.2) is 5.69 Å². The second-order valence-electron chi connectivity index (χ2n) is 7.81. The summed E-state index contributed by atoms with van der Waals surface area (Å²) in [5.41, 5.74) is 2.25. The van der Waals surface area contributed by atoms with Crippen molar-refractivity contribution in [1.29, 1.82) is 0 Å². The van der Waals surface area contributed by atoms with E-state index in [1.165, 1.54) is 16.7 Å². The van der Waals surface area contributed by atoms with E-state index in [0.717, 1.165) is 5.56 Å². The molecule has 0 unspecified atom stereocenters. The van der Waals surface area contributed by atoms with E-state index >= 15 is 0 Å². The van der Waals surface area contributed by atoms with Crippen LogP contribution >= 0.6 is 0 Å². The summed E-state index contributed by atoms with van der Waals surface area (Å²) in [6.45, 7) is 1.41. The minimum absolute atomic E-state index is 0.0431. The number of nitrogens with one attached hydrogen (secondary N) is 1. The van der Waals surface area contributed by atoms with Gasteiger partial charge in [-0.1, -0.05) is 35.5 Å². The van der Waals surface area contributed by atoms with Crippen LogP contribution in [0.1, 0.15) is 28.7 Å². The minimum atomic E-state index is -0.918. The van der Waals surface area contributed by atoms with Crippen molar-refractivity contribution >= 4 is 29.1 Å². The molecule has 1 aliphatic rings. The topological polar surface area (TPSA) is 105 Å². The van der Waals surface area contributed by atoms with Crippen LogP contribution in [0, 0.1) is 0 Å². The van der Waals surface area contributed by atoms with Gasteiger partial charge in [-0.15, -0.1) is 0 Å². The van der Waals surface area contributed by atoms with Crippen molar-refractivity contribution < 1.29 is 23.6 Å². The number of fused-ring (bicyclic) bond motifs is 1. The van der Waals surface area contributed by atoms with Crippen LogP contribution in [0.4, 0.5) is 11.4 Å². The molecule has 0 bridgehead atoms. The van der Waals surface area contributed by atoms with E-state index in [-0.39, 0.29) is 24.1 Å². The number of carbonyl (C=O) groups is 3. The first kappa shape index (κ1) is 22.1. The van der Waals surface area contributed by atoms with Crippen LogP contribution in [0.3, 0.4) is 0 Å². The molecule has 4 rings (SSSR count). The molecule has 0 saturated heterocycles. The lowest BCUT2D eigenvalue weighted by atomic mass is 10.1. The highest BCUT2D eigenvalue weighted by Gasteiger charge is 2.32. The Morgan fingerprint density at radius 2 is 1.94 bits per heavy atom. The van der Waals surface area contributed by atoms with Gasteiger partial charge in [0, 0.05) is 39.2 Å². The fourth-order valence-corrected chi connectivity index (χ4v) is 3.51. The van der Waals surface area contributed by atoms with E-state index in [1.54, 1.807) is 38.4 Å². The minimum Gasteiger partial charge on any atom is -0.489 e. The SMILES string of the molecule is CC(=O)N(C)c1ccc2c(c1)N(C)C(=O)[C@@H](NC(=O)c1cc(Cc3ccccc3)on1)CO2. The Morgan fingerprint density at radius 3 is 2.67 bits per heavy atom. The first-order valence-corrected chi connectivity index (χ1v) is 10.4. The predicted octanol–water partition coefficient (Wildman–Crippen LogP) is 2.40. The number of anilines is 2. The molecule has 1 aliphatic heterocycles. The first-order chi connectivity index (χ1) is 15.8. The lowest BCUT2D eigenvalue weighted by Gasteiger charge is -2.22. The monoisotopic (exact) mass is 448 g/mol. The third-order valence-corrected chi connectivity index (χ3v) is 5.52. The van der Waals surface area contributed by atoms with E-state index in [1.807, 2.05) is 30.3 Å². The number of benzene rings is 2. The molecule has 3 aromatic rings. The van der Waals surface area contributed by atoms with Crippen molar-refractivity contribution in [2.24, 2.45) is 0 Å². The second-order valence-corrected chi connectivity index (χ2v) is 7.81. The smallest absolute Gasteiger partial charge is 0.274 e. The molecule has 0 saturated carbocycles. The summed E-state index contributed by atoms with van der Waals surface area (Å²) in [5.74, 6) is 0.00767. The molecule has 0 aliphatic carbocycles. The largest absolute Gasteiger partial charge is 0.489 e. The number of amides is 3. The summed E-state index contributed by atoms with van der Waals surface area (Å²) in [6.07, 6.45) is 0.502. The van der Waals surface area contributed by atoms with E-state index in [0.29, 0.717) is 29.3 Å². The van der Waals surface area contributed by atoms with Crippen LogP contribution in [-0.4, -0.2) is 49.6 Å². The maximum Gasteiger partial charge on any atom is 0.274 e. The highest BCUT2D eigenvalue weighted by atomic mass is 16.5.